The van der Waals surface area contributed by atoms with Crippen LogP contribution in [0.1, 0.15) is 30.0 Å². The summed E-state index contributed by atoms with van der Waals surface area (Å²) in [5.74, 6) is 0. The van der Waals surface area contributed by atoms with Crippen molar-refractivity contribution in [3.63, 3.8) is 0 Å². The van der Waals surface area contributed by atoms with Crippen molar-refractivity contribution in [2.45, 2.75) is 31.3 Å². The fourth-order valence-electron chi connectivity index (χ4n) is 2.73. The molecule has 0 radical (unpaired) electrons. The minimum Gasteiger partial charge on any atom is -0.398 e. The van der Waals surface area contributed by atoms with E-state index < -0.39 is 0 Å². The molecular weight excluding hydrogens is 208 g/mol. The summed E-state index contributed by atoms with van der Waals surface area (Å²) in [5, 5.41) is 2.44. The molecule has 1 aromatic rings. The molecule has 1 aromatic carbocycles. The highest BCUT2D eigenvalue weighted by Gasteiger charge is 2.29. The maximum Gasteiger partial charge on any atom is 0.116 e. The van der Waals surface area contributed by atoms with Crippen molar-refractivity contribution >= 4 is 5.69 Å². The molecule has 1 aliphatic rings. The lowest BCUT2D eigenvalue weighted by molar-refractivity contribution is -0.730. The van der Waals surface area contributed by atoms with Gasteiger partial charge < -0.3 is 11.1 Å². The lowest BCUT2D eigenvalue weighted by atomic mass is 9.86. The van der Waals surface area contributed by atoms with Crippen LogP contribution in [0.2, 0.25) is 0 Å². The van der Waals surface area contributed by atoms with Gasteiger partial charge in [-0.15, -0.1) is 13.2 Å². The highest BCUT2D eigenvalue weighted by atomic mass is 15.0. The molecule has 0 saturated heterocycles. The minimum atomic E-state index is 0.463. The Bertz CT molecular complexity index is 423. The predicted molar refractivity (Wildman–Crippen MR) is 72.6 cm³/mol. The summed E-state index contributed by atoms with van der Waals surface area (Å²) in [6, 6.07) is 7.27. The number of fused-ring (bicyclic) bond motifs is 1. The van der Waals surface area contributed by atoms with Crippen LogP contribution < -0.4 is 11.1 Å². The van der Waals surface area contributed by atoms with Crippen molar-refractivity contribution in [2.24, 2.45) is 0 Å². The van der Waals surface area contributed by atoms with Crippen LogP contribution in [0, 0.1) is 0 Å². The van der Waals surface area contributed by atoms with E-state index in [9.17, 15) is 0 Å². The van der Waals surface area contributed by atoms with Gasteiger partial charge in [-0.2, -0.15) is 0 Å². The molecule has 1 aliphatic heterocycles. The Hall–Kier alpha value is -1.54. The van der Waals surface area contributed by atoms with Gasteiger partial charge in [0.25, 0.3) is 0 Å². The van der Waals surface area contributed by atoms with Crippen LogP contribution in [0.3, 0.4) is 0 Å². The quantitative estimate of drug-likeness (QED) is 0.601. The SMILES string of the molecule is C=CC[C@H]1Cc2c(N)cccc2[C@H](CC=C)[NH2+]1. The van der Waals surface area contributed by atoms with Gasteiger partial charge in [0, 0.05) is 30.5 Å². The molecule has 0 spiro atoms. The molecule has 2 nitrogen and oxygen atoms in total. The Labute approximate surface area is 103 Å². The zero-order chi connectivity index (χ0) is 12.3. The largest absolute Gasteiger partial charge is 0.398 e. The minimum absolute atomic E-state index is 0.463. The molecular formula is C15H21N2+. The Balaban J connectivity index is 2.34. The van der Waals surface area contributed by atoms with Gasteiger partial charge in [0.2, 0.25) is 0 Å². The molecule has 2 atom stereocenters. The molecule has 90 valence electrons. The van der Waals surface area contributed by atoms with E-state index in [2.05, 4.69) is 24.5 Å². The van der Waals surface area contributed by atoms with Gasteiger partial charge >= 0.3 is 0 Å². The first-order valence-corrected chi connectivity index (χ1v) is 6.20. The zero-order valence-corrected chi connectivity index (χ0v) is 10.2. The molecule has 17 heavy (non-hydrogen) atoms. The van der Waals surface area contributed by atoms with Gasteiger partial charge in [-0.1, -0.05) is 24.3 Å². The first kappa shape index (κ1) is 11.9. The average Bonchev–Trinajstić information content (AvgIpc) is 2.31. The highest BCUT2D eigenvalue weighted by molar-refractivity contribution is 5.52. The topological polar surface area (TPSA) is 42.6 Å². The van der Waals surface area contributed by atoms with Crippen molar-refractivity contribution in [2.75, 3.05) is 5.73 Å². The second-order valence-electron chi connectivity index (χ2n) is 4.73. The Morgan fingerprint density at radius 2 is 2.06 bits per heavy atom. The van der Waals surface area contributed by atoms with Crippen LogP contribution >= 0.6 is 0 Å². The molecule has 0 saturated carbocycles. The molecule has 0 aliphatic carbocycles. The Kier molecular flexibility index (Phi) is 3.64. The van der Waals surface area contributed by atoms with E-state index in [1.165, 1.54) is 11.1 Å². The van der Waals surface area contributed by atoms with Crippen LogP contribution in [0.4, 0.5) is 5.69 Å². The number of anilines is 1. The van der Waals surface area contributed by atoms with E-state index in [1.54, 1.807) is 0 Å². The van der Waals surface area contributed by atoms with Gasteiger partial charge in [-0.05, 0) is 11.6 Å². The van der Waals surface area contributed by atoms with Crippen LogP contribution in [-0.4, -0.2) is 6.04 Å². The van der Waals surface area contributed by atoms with Crippen molar-refractivity contribution in [1.29, 1.82) is 0 Å². The first-order chi connectivity index (χ1) is 8.26. The van der Waals surface area contributed by atoms with Gasteiger partial charge in [0.15, 0.2) is 0 Å². The van der Waals surface area contributed by atoms with E-state index in [0.29, 0.717) is 12.1 Å². The van der Waals surface area contributed by atoms with Crippen LogP contribution in [0.5, 0.6) is 0 Å². The Morgan fingerprint density at radius 3 is 2.76 bits per heavy atom. The van der Waals surface area contributed by atoms with Crippen molar-refractivity contribution in [3.05, 3.63) is 54.6 Å². The molecule has 0 unspecified atom stereocenters. The maximum atomic E-state index is 6.09. The second-order valence-corrected chi connectivity index (χ2v) is 4.73. The van der Waals surface area contributed by atoms with Gasteiger partial charge in [-0.25, -0.2) is 0 Å². The molecule has 2 rings (SSSR count). The van der Waals surface area contributed by atoms with Crippen molar-refractivity contribution in [1.82, 2.24) is 0 Å². The number of nitrogens with two attached hydrogens (primary N) is 2. The summed E-state index contributed by atoms with van der Waals surface area (Å²) in [6.07, 6.45) is 7.05. The van der Waals surface area contributed by atoms with E-state index in [1.807, 2.05) is 24.3 Å². The first-order valence-electron chi connectivity index (χ1n) is 6.20. The summed E-state index contributed by atoms with van der Waals surface area (Å²) in [4.78, 5) is 0. The highest BCUT2D eigenvalue weighted by Crippen LogP contribution is 2.28. The van der Waals surface area contributed by atoms with E-state index >= 15 is 0 Å². The zero-order valence-electron chi connectivity index (χ0n) is 10.2. The normalized spacial score (nSPS) is 22.8. The smallest absolute Gasteiger partial charge is 0.116 e. The fraction of sp³-hybridized carbons (Fsp3) is 0.333. The predicted octanol–water partition coefficient (Wildman–Crippen LogP) is 1.95. The average molecular weight is 229 g/mol. The standard InChI is InChI=1S/C15H20N2/c1-3-6-11-10-13-12(8-5-9-14(13)16)15(17-11)7-4-2/h3-5,8-9,11,15,17H,1-2,6-7,10,16H2/p+1/t11-,15-/m0/s1. The summed E-state index contributed by atoms with van der Waals surface area (Å²) >= 11 is 0. The third-order valence-corrected chi connectivity index (χ3v) is 3.51. The number of rotatable bonds is 4. The summed E-state index contributed by atoms with van der Waals surface area (Å²) in [5.41, 5.74) is 9.73. The fourth-order valence-corrected chi connectivity index (χ4v) is 2.73. The summed E-state index contributed by atoms with van der Waals surface area (Å²) in [6.45, 7) is 7.68. The van der Waals surface area contributed by atoms with E-state index in [0.717, 1.165) is 24.9 Å². The Morgan fingerprint density at radius 1 is 1.29 bits per heavy atom. The van der Waals surface area contributed by atoms with Crippen molar-refractivity contribution in [3.8, 4) is 0 Å². The van der Waals surface area contributed by atoms with Gasteiger partial charge in [-0.3, -0.25) is 0 Å². The number of nitrogen functional groups attached to an aromatic ring is 1. The molecule has 0 amide bonds. The lowest BCUT2D eigenvalue weighted by Gasteiger charge is -2.30. The van der Waals surface area contributed by atoms with E-state index in [4.69, 9.17) is 5.73 Å². The van der Waals surface area contributed by atoms with Crippen molar-refractivity contribution < 1.29 is 5.32 Å². The molecule has 4 N–H and O–H groups in total. The molecule has 0 aromatic heterocycles. The summed E-state index contributed by atoms with van der Waals surface area (Å²) < 4.78 is 0. The second kappa shape index (κ2) is 5.19. The van der Waals surface area contributed by atoms with Crippen LogP contribution in [0.25, 0.3) is 0 Å². The van der Waals surface area contributed by atoms with Crippen LogP contribution in [0.15, 0.2) is 43.5 Å². The molecule has 0 bridgehead atoms. The number of hydrogen-bond acceptors (Lipinski definition) is 1. The number of hydrogen-bond donors (Lipinski definition) is 2. The third kappa shape index (κ3) is 2.42. The summed E-state index contributed by atoms with van der Waals surface area (Å²) in [7, 11) is 0. The molecule has 1 heterocycles. The third-order valence-electron chi connectivity index (χ3n) is 3.51. The van der Waals surface area contributed by atoms with Crippen LogP contribution in [-0.2, 0) is 6.42 Å². The number of benzene rings is 1. The maximum absolute atomic E-state index is 6.09. The molecule has 2 heteroatoms. The lowest BCUT2D eigenvalue weighted by Crippen LogP contribution is -2.92. The monoisotopic (exact) mass is 229 g/mol. The van der Waals surface area contributed by atoms with E-state index in [-0.39, 0.29) is 0 Å². The van der Waals surface area contributed by atoms with Gasteiger partial charge in [0.1, 0.15) is 6.04 Å². The molecule has 0 fully saturated rings. The van der Waals surface area contributed by atoms with Gasteiger partial charge in [0.05, 0.1) is 6.04 Å². The number of quaternary nitrogens is 1.